The number of aliphatic hydroxyl groups is 1. The minimum absolute atomic E-state index is 0.609. The van der Waals surface area contributed by atoms with E-state index in [-0.39, 0.29) is 0 Å². The molecule has 7 nitrogen and oxygen atoms in total. The monoisotopic (exact) mass is 424 g/mol. The van der Waals surface area contributed by atoms with Crippen LogP contribution in [0.5, 0.6) is 0 Å². The molecular weight excluding hydrogens is 400 g/mol. The Morgan fingerprint density at radius 2 is 1.83 bits per heavy atom. The van der Waals surface area contributed by atoms with Gasteiger partial charge in [-0.05, 0) is 74.9 Å². The molecule has 1 aliphatic rings. The van der Waals surface area contributed by atoms with Crippen LogP contribution in [-0.2, 0) is 13.1 Å². The zero-order valence-corrected chi connectivity index (χ0v) is 17.9. The highest BCUT2D eigenvalue weighted by Gasteiger charge is 2.19. The molecule has 2 N–H and O–H groups in total. The van der Waals surface area contributed by atoms with Gasteiger partial charge in [0.25, 0.3) is 0 Å². The van der Waals surface area contributed by atoms with Crippen LogP contribution < -0.4 is 5.32 Å². The van der Waals surface area contributed by atoms with Crippen LogP contribution in [-0.4, -0.2) is 49.3 Å². The van der Waals surface area contributed by atoms with Gasteiger partial charge >= 0.3 is 0 Å². The quantitative estimate of drug-likeness (QED) is 0.465. The fraction of sp³-hybridized carbons (Fsp3) is 0.364. The Labute approximate surface area is 179 Å². The maximum absolute atomic E-state index is 10.6. The summed E-state index contributed by atoms with van der Waals surface area (Å²) in [4.78, 5) is 2.42. The van der Waals surface area contributed by atoms with Gasteiger partial charge < -0.3 is 9.67 Å². The zero-order chi connectivity index (χ0) is 20.8. The molecule has 1 atom stereocenters. The third-order valence-electron chi connectivity index (χ3n) is 5.90. The molecule has 0 bridgehead atoms. The van der Waals surface area contributed by atoms with Crippen LogP contribution in [0.4, 0.5) is 0 Å². The van der Waals surface area contributed by atoms with E-state index < -0.39 is 6.23 Å². The number of benzene rings is 1. The maximum Gasteiger partial charge on any atom is 0.161 e. The van der Waals surface area contributed by atoms with E-state index in [0.717, 1.165) is 58.4 Å². The predicted molar refractivity (Wildman–Crippen MR) is 118 cm³/mol. The molecule has 3 aromatic heterocycles. The molecule has 4 aromatic rings. The molecule has 0 aliphatic carbocycles. The average molecular weight is 425 g/mol. The normalized spacial score (nSPS) is 15.7. The summed E-state index contributed by atoms with van der Waals surface area (Å²) in [6, 6.07) is 12.3. The van der Waals surface area contributed by atoms with Crippen molar-refractivity contribution in [1.82, 2.24) is 29.4 Å². The first-order valence-corrected chi connectivity index (χ1v) is 10.6. The Bertz CT molecular complexity index is 1230. The Morgan fingerprint density at radius 1 is 1.07 bits per heavy atom. The molecule has 5 rings (SSSR count). The van der Waals surface area contributed by atoms with Crippen LogP contribution in [0, 0.1) is 6.92 Å². The van der Waals surface area contributed by atoms with E-state index >= 15 is 0 Å². The second kappa shape index (κ2) is 7.67. The molecule has 156 valence electrons. The van der Waals surface area contributed by atoms with E-state index in [9.17, 15) is 5.11 Å². The third-order valence-corrected chi connectivity index (χ3v) is 6.12. The molecule has 1 fully saturated rings. The Hall–Kier alpha value is -2.45. The van der Waals surface area contributed by atoms with E-state index in [0.29, 0.717) is 6.54 Å². The number of halogens is 1. The van der Waals surface area contributed by atoms with Crippen molar-refractivity contribution >= 4 is 28.3 Å². The van der Waals surface area contributed by atoms with Crippen LogP contribution in [0.1, 0.15) is 35.3 Å². The lowest BCUT2D eigenvalue weighted by atomic mass is 10.1. The Balaban J connectivity index is 1.61. The van der Waals surface area contributed by atoms with Gasteiger partial charge in [-0.1, -0.05) is 17.7 Å². The van der Waals surface area contributed by atoms with Crippen LogP contribution in [0.2, 0.25) is 5.02 Å². The van der Waals surface area contributed by atoms with Gasteiger partial charge in [-0.2, -0.15) is 0 Å². The van der Waals surface area contributed by atoms with Crippen molar-refractivity contribution in [3.63, 3.8) is 0 Å². The molecule has 1 saturated heterocycles. The smallest absolute Gasteiger partial charge is 0.161 e. The topological polar surface area (TPSA) is 70.6 Å². The van der Waals surface area contributed by atoms with Crippen LogP contribution in [0.25, 0.3) is 16.7 Å². The molecule has 1 aromatic carbocycles. The van der Waals surface area contributed by atoms with Gasteiger partial charge in [-0.15, -0.1) is 10.2 Å². The van der Waals surface area contributed by atoms with E-state index in [2.05, 4.69) is 31.0 Å². The summed E-state index contributed by atoms with van der Waals surface area (Å²) < 4.78 is 4.15. The molecule has 30 heavy (non-hydrogen) atoms. The SMILES string of the molecule is CNC(O)c1cc2c(ccc3nnc(C)n32)n1Cc1cc(Cl)cc(CN2CCC2)c1. The molecule has 0 spiro atoms. The highest BCUT2D eigenvalue weighted by molar-refractivity contribution is 6.30. The summed E-state index contributed by atoms with van der Waals surface area (Å²) >= 11 is 6.46. The van der Waals surface area contributed by atoms with Gasteiger partial charge in [-0.3, -0.25) is 14.6 Å². The lowest BCUT2D eigenvalue weighted by Gasteiger charge is -2.30. The highest BCUT2D eigenvalue weighted by atomic mass is 35.5. The number of rotatable bonds is 6. The molecule has 1 unspecified atom stereocenters. The number of nitrogens with one attached hydrogen (secondary N) is 1. The number of hydrogen-bond donors (Lipinski definition) is 2. The van der Waals surface area contributed by atoms with Crippen molar-refractivity contribution in [1.29, 1.82) is 0 Å². The van der Waals surface area contributed by atoms with Crippen molar-refractivity contribution in [2.75, 3.05) is 20.1 Å². The summed E-state index contributed by atoms with van der Waals surface area (Å²) in [6.07, 6.45) is 0.481. The first-order valence-electron chi connectivity index (χ1n) is 10.2. The van der Waals surface area contributed by atoms with Gasteiger partial charge in [0.05, 0.1) is 16.7 Å². The van der Waals surface area contributed by atoms with Crippen LogP contribution >= 0.6 is 11.6 Å². The number of aryl methyl sites for hydroxylation is 1. The number of nitrogens with zero attached hydrogens (tertiary/aromatic N) is 5. The largest absolute Gasteiger partial charge is 0.373 e. The van der Waals surface area contributed by atoms with Crippen LogP contribution in [0.3, 0.4) is 0 Å². The molecule has 8 heteroatoms. The summed E-state index contributed by atoms with van der Waals surface area (Å²) in [6.45, 7) is 5.77. The summed E-state index contributed by atoms with van der Waals surface area (Å²) in [5, 5.41) is 22.8. The summed E-state index contributed by atoms with van der Waals surface area (Å²) in [5.41, 5.74) is 5.91. The van der Waals surface area contributed by atoms with Gasteiger partial charge in [0.1, 0.15) is 12.1 Å². The van der Waals surface area contributed by atoms with Gasteiger partial charge in [0.15, 0.2) is 5.65 Å². The number of fused-ring (bicyclic) bond motifs is 3. The minimum Gasteiger partial charge on any atom is -0.373 e. The van der Waals surface area contributed by atoms with Gasteiger partial charge in [0.2, 0.25) is 0 Å². The summed E-state index contributed by atoms with van der Waals surface area (Å²) in [5.74, 6) is 0.817. The fourth-order valence-corrected chi connectivity index (χ4v) is 4.57. The maximum atomic E-state index is 10.6. The number of aromatic nitrogens is 4. The Kier molecular flexibility index (Phi) is 4.99. The third kappa shape index (κ3) is 3.37. The lowest BCUT2D eigenvalue weighted by molar-refractivity contribution is 0.141. The number of aliphatic hydroxyl groups excluding tert-OH is 1. The lowest BCUT2D eigenvalue weighted by Crippen LogP contribution is -2.36. The minimum atomic E-state index is -0.788. The number of hydrogen-bond acceptors (Lipinski definition) is 5. The van der Waals surface area contributed by atoms with Crippen molar-refractivity contribution in [2.24, 2.45) is 0 Å². The standard InChI is InChI=1S/C22H25ClN6O/c1-14-25-26-21-5-4-18-19(29(14)21)11-20(22(30)24-2)28(18)13-16-8-15(9-17(23)10-16)12-27-6-3-7-27/h4-5,8-11,22,24,30H,3,6-7,12-13H2,1-2H3. The van der Waals surface area contributed by atoms with E-state index in [1.807, 2.05) is 41.7 Å². The molecule has 0 saturated carbocycles. The van der Waals surface area contributed by atoms with Gasteiger partial charge in [-0.25, -0.2) is 0 Å². The predicted octanol–water partition coefficient (Wildman–Crippen LogP) is 3.11. The van der Waals surface area contributed by atoms with Gasteiger partial charge in [0, 0.05) is 18.1 Å². The molecule has 0 radical (unpaired) electrons. The van der Waals surface area contributed by atoms with E-state index in [1.54, 1.807) is 7.05 Å². The van der Waals surface area contributed by atoms with Crippen molar-refractivity contribution in [3.8, 4) is 0 Å². The van der Waals surface area contributed by atoms with Crippen molar-refractivity contribution in [3.05, 3.63) is 64.1 Å². The molecule has 1 aliphatic heterocycles. The average Bonchev–Trinajstić information content (AvgIpc) is 3.24. The second-order valence-corrected chi connectivity index (χ2v) is 8.43. The first-order chi connectivity index (χ1) is 14.5. The van der Waals surface area contributed by atoms with Crippen molar-refractivity contribution < 1.29 is 5.11 Å². The van der Waals surface area contributed by atoms with Crippen LogP contribution in [0.15, 0.2) is 36.4 Å². The second-order valence-electron chi connectivity index (χ2n) is 7.99. The zero-order valence-electron chi connectivity index (χ0n) is 17.1. The first kappa shape index (κ1) is 19.5. The van der Waals surface area contributed by atoms with Crippen molar-refractivity contribution in [2.45, 2.75) is 32.7 Å². The number of pyridine rings is 1. The Morgan fingerprint density at radius 3 is 2.53 bits per heavy atom. The van der Waals surface area contributed by atoms with E-state index in [1.165, 1.54) is 12.0 Å². The fourth-order valence-electron chi connectivity index (χ4n) is 4.29. The molecule has 0 amide bonds. The molecule has 4 heterocycles. The summed E-state index contributed by atoms with van der Waals surface area (Å²) in [7, 11) is 1.75. The molecular formula is C22H25ClN6O. The van der Waals surface area contributed by atoms with E-state index in [4.69, 9.17) is 11.6 Å². The highest BCUT2D eigenvalue weighted by Crippen LogP contribution is 2.28. The number of likely N-dealkylation sites (tertiary alicyclic amines) is 1.